The van der Waals surface area contributed by atoms with Gasteiger partial charge in [-0.1, -0.05) is 12.1 Å². The lowest BCUT2D eigenvalue weighted by Crippen LogP contribution is -2.37. The lowest BCUT2D eigenvalue weighted by atomic mass is 10.2. The Labute approximate surface area is 196 Å². The summed E-state index contributed by atoms with van der Waals surface area (Å²) in [6.07, 6.45) is 2.05. The zero-order valence-electron chi connectivity index (χ0n) is 17.6. The number of hydrogen-bond acceptors (Lipinski definition) is 6. The number of nitrogens with one attached hydrogen (secondary N) is 3. The van der Waals surface area contributed by atoms with Crippen LogP contribution in [0, 0.1) is 0 Å². The van der Waals surface area contributed by atoms with Crippen molar-refractivity contribution in [3.05, 3.63) is 29.8 Å². The predicted octanol–water partition coefficient (Wildman–Crippen LogP) is 1.09. The van der Waals surface area contributed by atoms with Gasteiger partial charge in [0.1, 0.15) is 0 Å². The fourth-order valence-electron chi connectivity index (χ4n) is 2.76. The van der Waals surface area contributed by atoms with E-state index in [4.69, 9.17) is 14.2 Å². The maximum absolute atomic E-state index is 12.3. The van der Waals surface area contributed by atoms with E-state index >= 15 is 0 Å². The molecule has 1 aromatic rings. The van der Waals surface area contributed by atoms with E-state index in [1.807, 2.05) is 6.07 Å². The lowest BCUT2D eigenvalue weighted by molar-refractivity contribution is 0.0420. The van der Waals surface area contributed by atoms with Crippen molar-refractivity contribution in [3.8, 4) is 0 Å². The largest absolute Gasteiger partial charge is 0.383 e. The van der Waals surface area contributed by atoms with Crippen LogP contribution in [-0.2, 0) is 30.8 Å². The van der Waals surface area contributed by atoms with Gasteiger partial charge in [0.25, 0.3) is 0 Å². The molecule has 1 aliphatic heterocycles. The molecule has 3 N–H and O–H groups in total. The second kappa shape index (κ2) is 14.9. The molecule has 1 unspecified atom stereocenters. The van der Waals surface area contributed by atoms with Crippen molar-refractivity contribution < 1.29 is 22.6 Å². The second-order valence-corrected chi connectivity index (χ2v) is 8.37. The van der Waals surface area contributed by atoms with Crippen LogP contribution in [0.1, 0.15) is 18.4 Å². The summed E-state index contributed by atoms with van der Waals surface area (Å²) in [7, 11) is -0.330. The minimum Gasteiger partial charge on any atom is -0.383 e. The van der Waals surface area contributed by atoms with Gasteiger partial charge in [0.15, 0.2) is 5.96 Å². The van der Waals surface area contributed by atoms with Gasteiger partial charge < -0.3 is 24.8 Å². The first-order valence-corrected chi connectivity index (χ1v) is 11.2. The fourth-order valence-corrected chi connectivity index (χ4v) is 3.85. The van der Waals surface area contributed by atoms with Crippen molar-refractivity contribution in [2.45, 2.75) is 30.4 Å². The number of sulfonamides is 1. The summed E-state index contributed by atoms with van der Waals surface area (Å²) in [5.74, 6) is 0.653. The van der Waals surface area contributed by atoms with Gasteiger partial charge in [-0.15, -0.1) is 24.0 Å². The van der Waals surface area contributed by atoms with E-state index in [0.717, 1.165) is 31.6 Å². The van der Waals surface area contributed by atoms with Crippen LogP contribution in [0.5, 0.6) is 0 Å². The Balaban J connectivity index is 0.00000450. The molecule has 0 saturated carbocycles. The van der Waals surface area contributed by atoms with Gasteiger partial charge in [0.05, 0.1) is 24.2 Å². The average Bonchev–Trinajstić information content (AvgIpc) is 3.24. The van der Waals surface area contributed by atoms with Crippen LogP contribution in [0.15, 0.2) is 34.2 Å². The molecule has 0 radical (unpaired) electrons. The zero-order chi connectivity index (χ0) is 21.0. The van der Waals surface area contributed by atoms with E-state index < -0.39 is 10.0 Å². The van der Waals surface area contributed by atoms with Crippen molar-refractivity contribution in [2.24, 2.45) is 4.99 Å². The predicted molar refractivity (Wildman–Crippen MR) is 127 cm³/mol. The van der Waals surface area contributed by atoms with Gasteiger partial charge in [0, 0.05) is 47.0 Å². The molecular weight excluding hydrogens is 523 g/mol. The molecule has 9 nitrogen and oxygen atoms in total. The number of benzene rings is 1. The number of nitrogens with zero attached hydrogens (tertiary/aromatic N) is 1. The third-order valence-electron chi connectivity index (χ3n) is 4.35. The zero-order valence-corrected chi connectivity index (χ0v) is 20.7. The Kier molecular flexibility index (Phi) is 13.4. The normalized spacial score (nSPS) is 16.9. The van der Waals surface area contributed by atoms with E-state index in [0.29, 0.717) is 32.3 Å². The Hall–Kier alpha value is -0.990. The van der Waals surface area contributed by atoms with E-state index in [-0.39, 0.29) is 41.5 Å². The molecule has 1 heterocycles. The Bertz CT molecular complexity index is 742. The number of methoxy groups -OCH3 is 1. The Morgan fingerprint density at radius 3 is 2.80 bits per heavy atom. The highest BCUT2D eigenvalue weighted by Gasteiger charge is 2.15. The highest BCUT2D eigenvalue weighted by molar-refractivity contribution is 14.0. The smallest absolute Gasteiger partial charge is 0.240 e. The first-order valence-electron chi connectivity index (χ1n) is 9.76. The molecule has 0 bridgehead atoms. The molecule has 30 heavy (non-hydrogen) atoms. The molecule has 172 valence electrons. The molecule has 1 saturated heterocycles. The van der Waals surface area contributed by atoms with Gasteiger partial charge in [-0.2, -0.15) is 0 Å². The summed E-state index contributed by atoms with van der Waals surface area (Å²) in [6.45, 7) is 3.88. The molecule has 1 aliphatic rings. The van der Waals surface area contributed by atoms with Gasteiger partial charge >= 0.3 is 0 Å². The molecule has 1 fully saturated rings. The van der Waals surface area contributed by atoms with Crippen molar-refractivity contribution in [3.63, 3.8) is 0 Å². The van der Waals surface area contributed by atoms with Crippen molar-refractivity contribution in [1.29, 1.82) is 0 Å². The highest BCUT2D eigenvalue weighted by Crippen LogP contribution is 2.11. The van der Waals surface area contributed by atoms with Gasteiger partial charge in [-0.3, -0.25) is 4.99 Å². The third kappa shape index (κ3) is 9.88. The molecular formula is C19H33IN4O5S. The topological polar surface area (TPSA) is 110 Å². The van der Waals surface area contributed by atoms with E-state index in [9.17, 15) is 8.42 Å². The van der Waals surface area contributed by atoms with Crippen molar-refractivity contribution >= 4 is 40.0 Å². The summed E-state index contributed by atoms with van der Waals surface area (Å²) in [5.41, 5.74) is 0.840. The van der Waals surface area contributed by atoms with Crippen LogP contribution >= 0.6 is 24.0 Å². The Morgan fingerprint density at radius 2 is 2.10 bits per heavy atom. The number of guanidine groups is 1. The van der Waals surface area contributed by atoms with Gasteiger partial charge in [-0.25, -0.2) is 13.1 Å². The second-order valence-electron chi connectivity index (χ2n) is 6.60. The van der Waals surface area contributed by atoms with Crippen LogP contribution in [0.25, 0.3) is 0 Å². The lowest BCUT2D eigenvalue weighted by Gasteiger charge is -2.14. The van der Waals surface area contributed by atoms with Gasteiger partial charge in [0.2, 0.25) is 10.0 Å². The number of hydrogen-bond donors (Lipinski definition) is 3. The van der Waals surface area contributed by atoms with E-state index in [2.05, 4.69) is 20.3 Å². The molecule has 2 rings (SSSR count). The van der Waals surface area contributed by atoms with Crippen LogP contribution in [0.2, 0.25) is 0 Å². The third-order valence-corrected chi connectivity index (χ3v) is 5.80. The minimum atomic E-state index is -3.55. The molecule has 0 aliphatic carbocycles. The van der Waals surface area contributed by atoms with Crippen LogP contribution in [-0.4, -0.2) is 74.2 Å². The molecule has 1 atom stereocenters. The average molecular weight is 556 g/mol. The molecule has 11 heteroatoms. The van der Waals surface area contributed by atoms with E-state index in [1.54, 1.807) is 25.2 Å². The minimum absolute atomic E-state index is 0. The van der Waals surface area contributed by atoms with Gasteiger partial charge in [-0.05, 0) is 30.5 Å². The summed E-state index contributed by atoms with van der Waals surface area (Å²) < 4.78 is 43.0. The van der Waals surface area contributed by atoms with E-state index in [1.165, 1.54) is 7.11 Å². The summed E-state index contributed by atoms with van der Waals surface area (Å²) in [6, 6.07) is 6.81. The number of aliphatic imine (C=N–C) groups is 1. The van der Waals surface area contributed by atoms with Crippen LogP contribution in [0.3, 0.4) is 0 Å². The summed E-state index contributed by atoms with van der Waals surface area (Å²) >= 11 is 0. The molecule has 1 aromatic carbocycles. The fraction of sp³-hybridized carbons (Fsp3) is 0.632. The first kappa shape index (κ1) is 27.0. The number of ether oxygens (including phenoxy) is 3. The quantitative estimate of drug-likeness (QED) is 0.153. The summed E-state index contributed by atoms with van der Waals surface area (Å²) in [5, 5.41) is 6.42. The molecule has 0 spiro atoms. The van der Waals surface area contributed by atoms with Crippen molar-refractivity contribution in [1.82, 2.24) is 15.4 Å². The van der Waals surface area contributed by atoms with Crippen molar-refractivity contribution in [2.75, 3.05) is 53.7 Å². The first-order chi connectivity index (χ1) is 14.0. The standard InChI is InChI=1S/C19H32N4O5S.HI/c1-20-19(21-8-4-10-28-17-7-11-27-15-17)22-14-16-5-3-6-18(13-16)29(24,25)23-9-12-26-2;/h3,5-6,13,17,23H,4,7-12,14-15H2,1-2H3,(H2,20,21,22);1H. The molecule has 0 aromatic heterocycles. The Morgan fingerprint density at radius 1 is 1.27 bits per heavy atom. The SMILES string of the molecule is CN=C(NCCCOC1CCOC1)NCc1cccc(S(=O)(=O)NCCOC)c1.I. The summed E-state index contributed by atoms with van der Waals surface area (Å²) in [4.78, 5) is 4.41. The number of halogens is 1. The monoisotopic (exact) mass is 556 g/mol. The maximum Gasteiger partial charge on any atom is 0.240 e. The highest BCUT2D eigenvalue weighted by atomic mass is 127. The van der Waals surface area contributed by atoms with Crippen LogP contribution in [0.4, 0.5) is 0 Å². The maximum atomic E-state index is 12.3. The van der Waals surface area contributed by atoms with Crippen LogP contribution < -0.4 is 15.4 Å². The number of rotatable bonds is 12. The molecule has 0 amide bonds.